The number of pyridine rings is 1. The Bertz CT molecular complexity index is 1420. The van der Waals surface area contributed by atoms with Crippen molar-refractivity contribution in [2.45, 2.75) is 19.1 Å². The van der Waals surface area contributed by atoms with Crippen LogP contribution in [0.5, 0.6) is 0 Å². The van der Waals surface area contributed by atoms with E-state index in [2.05, 4.69) is 46.7 Å². The predicted octanol–water partition coefficient (Wildman–Crippen LogP) is 3.67. The van der Waals surface area contributed by atoms with E-state index < -0.39 is 24.0 Å². The molecule has 240 valence electrons. The molecule has 0 spiro atoms. The highest BCUT2D eigenvalue weighted by atomic mass is 79.9. The van der Waals surface area contributed by atoms with Crippen molar-refractivity contribution in [2.75, 3.05) is 49.5 Å². The highest BCUT2D eigenvalue weighted by Gasteiger charge is 2.38. The number of nitrogens with zero attached hydrogens (tertiary/aromatic N) is 3. The number of rotatable bonds is 9. The van der Waals surface area contributed by atoms with Crippen LogP contribution in [-0.2, 0) is 20.9 Å². The van der Waals surface area contributed by atoms with Crippen LogP contribution in [0.4, 0.5) is 24.5 Å². The van der Waals surface area contributed by atoms with Gasteiger partial charge < -0.3 is 26.0 Å². The molecule has 3 aromatic rings. The van der Waals surface area contributed by atoms with Crippen molar-refractivity contribution in [3.8, 4) is 0 Å². The zero-order valence-electron chi connectivity index (χ0n) is 24.0. The smallest absolute Gasteiger partial charge is 0.475 e. The number of carbonyl (C=O) groups is 4. The minimum absolute atomic E-state index is 0.168. The number of halogens is 4. The molecule has 0 bridgehead atoms. The minimum Gasteiger partial charge on any atom is -0.475 e. The van der Waals surface area contributed by atoms with Crippen LogP contribution in [0.2, 0.25) is 0 Å². The summed E-state index contributed by atoms with van der Waals surface area (Å²) >= 11 is 3.35. The van der Waals surface area contributed by atoms with Crippen molar-refractivity contribution in [3.63, 3.8) is 0 Å². The van der Waals surface area contributed by atoms with E-state index in [0.717, 1.165) is 49.2 Å². The molecular weight excluding hydrogens is 661 g/mol. The van der Waals surface area contributed by atoms with Gasteiger partial charge in [-0.1, -0.05) is 28.1 Å². The number of aromatic nitrogens is 1. The van der Waals surface area contributed by atoms with Gasteiger partial charge in [0, 0.05) is 73.1 Å². The SMILES string of the molecule is O=C(NCCCN1CCN(c2ccncc2)CC1)C(=O)Nc1ccc(CNC(=O)c2ccc(Br)cc2)cc1.O=C(O)C(F)(F)F. The van der Waals surface area contributed by atoms with Crippen molar-refractivity contribution in [3.05, 3.63) is 88.7 Å². The molecule has 1 saturated heterocycles. The predicted molar refractivity (Wildman–Crippen MR) is 165 cm³/mol. The molecule has 4 N–H and O–H groups in total. The van der Waals surface area contributed by atoms with Crippen LogP contribution in [0.1, 0.15) is 22.3 Å². The number of carbonyl (C=O) groups excluding carboxylic acids is 3. The van der Waals surface area contributed by atoms with E-state index in [-0.39, 0.29) is 5.91 Å². The number of nitrogens with one attached hydrogen (secondary N) is 3. The van der Waals surface area contributed by atoms with Crippen LogP contribution in [0.15, 0.2) is 77.5 Å². The third kappa shape index (κ3) is 12.2. The molecule has 0 unspecified atom stereocenters. The largest absolute Gasteiger partial charge is 0.490 e. The summed E-state index contributed by atoms with van der Waals surface area (Å²) in [5.41, 5.74) is 3.16. The first-order valence-corrected chi connectivity index (χ1v) is 14.6. The van der Waals surface area contributed by atoms with Crippen LogP contribution in [0.3, 0.4) is 0 Å². The van der Waals surface area contributed by atoms with E-state index >= 15 is 0 Å². The van der Waals surface area contributed by atoms with Gasteiger partial charge in [-0.3, -0.25) is 24.3 Å². The van der Waals surface area contributed by atoms with Crippen molar-refractivity contribution >= 4 is 51.0 Å². The number of amides is 3. The topological polar surface area (TPSA) is 144 Å². The van der Waals surface area contributed by atoms with Crippen molar-refractivity contribution < 1.29 is 37.5 Å². The van der Waals surface area contributed by atoms with Crippen molar-refractivity contribution in [1.29, 1.82) is 0 Å². The molecule has 4 rings (SSSR count). The fourth-order valence-electron chi connectivity index (χ4n) is 4.15. The molecule has 0 radical (unpaired) electrons. The highest BCUT2D eigenvalue weighted by Crippen LogP contribution is 2.15. The molecule has 1 aromatic heterocycles. The number of piperazine rings is 1. The van der Waals surface area contributed by atoms with E-state index in [1.807, 2.05) is 36.7 Å². The molecule has 45 heavy (non-hydrogen) atoms. The van der Waals surface area contributed by atoms with Crippen LogP contribution < -0.4 is 20.9 Å². The average Bonchev–Trinajstić information content (AvgIpc) is 3.03. The van der Waals surface area contributed by atoms with E-state index in [1.54, 1.807) is 36.4 Å². The van der Waals surface area contributed by atoms with Gasteiger partial charge >= 0.3 is 24.0 Å². The molecule has 3 amide bonds. The van der Waals surface area contributed by atoms with Gasteiger partial charge in [0.25, 0.3) is 5.91 Å². The van der Waals surface area contributed by atoms with E-state index in [4.69, 9.17) is 9.90 Å². The Morgan fingerprint density at radius 2 is 1.44 bits per heavy atom. The van der Waals surface area contributed by atoms with Crippen molar-refractivity contribution in [2.24, 2.45) is 0 Å². The summed E-state index contributed by atoms with van der Waals surface area (Å²) in [7, 11) is 0. The lowest BCUT2D eigenvalue weighted by Crippen LogP contribution is -2.47. The fraction of sp³-hybridized carbons (Fsp3) is 0.300. The molecule has 2 heterocycles. The molecular formula is C30H32BrF3N6O5. The standard InChI is InChI=1S/C28H31BrN6O3.C2HF3O2/c29-23-6-4-22(5-7-23)26(36)32-20-21-2-8-24(9-3-21)33-28(38)27(37)31-12-1-15-34-16-18-35(19-17-34)25-10-13-30-14-11-25;3-2(4,5)1(6)7/h2-11,13-14H,1,12,15-20H2,(H,31,37)(H,32,36)(H,33,38);(H,6,7). The molecule has 0 aliphatic carbocycles. The average molecular weight is 694 g/mol. The third-order valence-corrected chi connectivity index (χ3v) is 7.09. The monoisotopic (exact) mass is 692 g/mol. The van der Waals surface area contributed by atoms with Gasteiger partial charge in [-0.25, -0.2) is 4.79 Å². The molecule has 1 fully saturated rings. The maximum atomic E-state index is 12.3. The zero-order valence-corrected chi connectivity index (χ0v) is 25.6. The zero-order chi connectivity index (χ0) is 32.8. The summed E-state index contributed by atoms with van der Waals surface area (Å²) in [6.45, 7) is 5.48. The van der Waals surface area contributed by atoms with E-state index in [9.17, 15) is 27.6 Å². The van der Waals surface area contributed by atoms with Gasteiger partial charge in [-0.15, -0.1) is 0 Å². The van der Waals surface area contributed by atoms with Crippen LogP contribution in [-0.4, -0.2) is 84.1 Å². The quantitative estimate of drug-likeness (QED) is 0.197. The summed E-state index contributed by atoms with van der Waals surface area (Å²) in [6.07, 6.45) is -0.692. The third-order valence-electron chi connectivity index (χ3n) is 6.56. The number of carboxylic acids is 1. The number of carboxylic acid groups (broad SMARTS) is 1. The number of aliphatic carboxylic acids is 1. The maximum Gasteiger partial charge on any atom is 0.490 e. The van der Waals surface area contributed by atoms with Crippen LogP contribution >= 0.6 is 15.9 Å². The molecule has 2 aromatic carbocycles. The molecule has 1 aliphatic heterocycles. The fourth-order valence-corrected chi connectivity index (χ4v) is 4.41. The lowest BCUT2D eigenvalue weighted by atomic mass is 10.2. The van der Waals surface area contributed by atoms with Gasteiger partial charge in [0.15, 0.2) is 0 Å². The number of benzene rings is 2. The Kier molecular flexibility index (Phi) is 13.3. The molecule has 1 aliphatic rings. The minimum atomic E-state index is -5.08. The summed E-state index contributed by atoms with van der Waals surface area (Å²) in [5, 5.41) is 15.3. The van der Waals surface area contributed by atoms with Gasteiger partial charge in [0.05, 0.1) is 0 Å². The van der Waals surface area contributed by atoms with Gasteiger partial charge in [0.2, 0.25) is 0 Å². The normalized spacial score (nSPS) is 13.2. The number of alkyl halides is 3. The number of anilines is 2. The summed E-state index contributed by atoms with van der Waals surface area (Å²) < 4.78 is 32.6. The second-order valence-electron chi connectivity index (χ2n) is 9.79. The molecule has 0 saturated carbocycles. The highest BCUT2D eigenvalue weighted by molar-refractivity contribution is 9.10. The van der Waals surface area contributed by atoms with Gasteiger partial charge in [-0.2, -0.15) is 13.2 Å². The number of hydrogen-bond donors (Lipinski definition) is 4. The second-order valence-corrected chi connectivity index (χ2v) is 10.7. The Balaban J connectivity index is 0.000000707. The molecule has 0 atom stereocenters. The molecule has 15 heteroatoms. The Hall–Kier alpha value is -4.50. The van der Waals surface area contributed by atoms with Gasteiger partial charge in [0.1, 0.15) is 0 Å². The Morgan fingerprint density at radius 1 is 0.844 bits per heavy atom. The summed E-state index contributed by atoms with van der Waals surface area (Å²) in [6, 6.07) is 18.2. The molecule has 11 nitrogen and oxygen atoms in total. The first-order chi connectivity index (χ1) is 21.4. The summed E-state index contributed by atoms with van der Waals surface area (Å²) in [4.78, 5) is 54.4. The van der Waals surface area contributed by atoms with Gasteiger partial charge in [-0.05, 0) is 67.1 Å². The Labute approximate surface area is 265 Å². The lowest BCUT2D eigenvalue weighted by molar-refractivity contribution is -0.192. The van der Waals surface area contributed by atoms with Crippen LogP contribution in [0.25, 0.3) is 0 Å². The lowest BCUT2D eigenvalue weighted by Gasteiger charge is -2.36. The first-order valence-electron chi connectivity index (χ1n) is 13.8. The van der Waals surface area contributed by atoms with E-state index in [1.165, 1.54) is 5.69 Å². The van der Waals surface area contributed by atoms with E-state index in [0.29, 0.717) is 24.3 Å². The maximum absolute atomic E-state index is 12.3. The second kappa shape index (κ2) is 17.1. The first kappa shape index (κ1) is 35.0. The summed E-state index contributed by atoms with van der Waals surface area (Å²) in [5.74, 6) is -4.28. The van der Waals surface area contributed by atoms with Crippen molar-refractivity contribution in [1.82, 2.24) is 20.5 Å². The van der Waals surface area contributed by atoms with Crippen LogP contribution in [0, 0.1) is 0 Å². The number of hydrogen-bond acceptors (Lipinski definition) is 7. The Morgan fingerprint density at radius 3 is 2.02 bits per heavy atom.